The normalized spacial score (nSPS) is 13.9. The molecule has 146 valence electrons. The number of rotatable bonds is 4. The van der Waals surface area contributed by atoms with Gasteiger partial charge in [0.25, 0.3) is 0 Å². The highest BCUT2D eigenvalue weighted by atomic mass is 19.3. The van der Waals surface area contributed by atoms with Crippen molar-refractivity contribution in [1.29, 1.82) is 0 Å². The van der Waals surface area contributed by atoms with Crippen LogP contribution in [0.25, 0.3) is 0 Å². The molecule has 0 aromatic heterocycles. The molecule has 0 fully saturated rings. The summed E-state index contributed by atoms with van der Waals surface area (Å²) in [5, 5.41) is 2.40. The molecule has 0 saturated heterocycles. The summed E-state index contributed by atoms with van der Waals surface area (Å²) in [6.45, 7) is 10.5. The minimum atomic E-state index is -3.98. The lowest BCUT2D eigenvalue weighted by atomic mass is 9.84. The lowest BCUT2D eigenvalue weighted by Gasteiger charge is -2.26. The van der Waals surface area contributed by atoms with Gasteiger partial charge in [-0.05, 0) is 33.8 Å². The van der Waals surface area contributed by atoms with Gasteiger partial charge in [-0.15, -0.1) is 0 Å². The van der Waals surface area contributed by atoms with E-state index in [1.54, 1.807) is 20.8 Å². The number of carbonyl (C=O) groups excluding carboxylic acids is 2. The molecule has 1 aromatic carbocycles. The molecule has 0 saturated carbocycles. The molecule has 0 radical (unpaired) electrons. The fourth-order valence-electron chi connectivity index (χ4n) is 2.28. The molecule has 1 atom stereocenters. The smallest absolute Gasteiger partial charge is 0.408 e. The summed E-state index contributed by atoms with van der Waals surface area (Å²) in [4.78, 5) is 23.9. The Morgan fingerprint density at radius 2 is 1.62 bits per heavy atom. The van der Waals surface area contributed by atoms with Crippen LogP contribution in [0.1, 0.15) is 65.6 Å². The summed E-state index contributed by atoms with van der Waals surface area (Å²) < 4.78 is 48.9. The number of hydrogen-bond acceptors (Lipinski definition) is 3. The van der Waals surface area contributed by atoms with Crippen LogP contribution in [-0.4, -0.2) is 17.5 Å². The first-order valence-corrected chi connectivity index (χ1v) is 8.28. The third-order valence-corrected chi connectivity index (χ3v) is 3.53. The van der Waals surface area contributed by atoms with Crippen LogP contribution in [-0.2, 0) is 15.5 Å². The van der Waals surface area contributed by atoms with Gasteiger partial charge in [0.05, 0.1) is 11.6 Å². The maximum atomic E-state index is 14.7. The molecular formula is C19H26F3NO3. The van der Waals surface area contributed by atoms with Crippen molar-refractivity contribution in [3.8, 4) is 0 Å². The molecule has 1 amide bonds. The summed E-state index contributed by atoms with van der Waals surface area (Å²) in [6.07, 6.45) is -0.799. The first kappa shape index (κ1) is 22.0. The third kappa shape index (κ3) is 5.22. The minimum Gasteiger partial charge on any atom is -0.444 e. The number of benzene rings is 1. The van der Waals surface area contributed by atoms with E-state index in [0.717, 1.165) is 6.07 Å². The molecule has 1 N–H and O–H groups in total. The Kier molecular flexibility index (Phi) is 6.16. The van der Waals surface area contributed by atoms with E-state index in [0.29, 0.717) is 0 Å². The van der Waals surface area contributed by atoms with Gasteiger partial charge >= 0.3 is 12.0 Å². The Hall–Kier alpha value is -2.05. The molecular weight excluding hydrogens is 347 g/mol. The molecule has 0 aliphatic carbocycles. The number of amides is 1. The van der Waals surface area contributed by atoms with Crippen molar-refractivity contribution in [3.63, 3.8) is 0 Å². The molecule has 0 aliphatic rings. The van der Waals surface area contributed by atoms with E-state index in [4.69, 9.17) is 4.74 Å². The quantitative estimate of drug-likeness (QED) is 0.797. The Morgan fingerprint density at radius 1 is 1.08 bits per heavy atom. The Balaban J connectivity index is 3.17. The number of carbonyl (C=O) groups is 2. The van der Waals surface area contributed by atoms with Crippen molar-refractivity contribution in [3.05, 3.63) is 35.1 Å². The second kappa shape index (κ2) is 7.29. The second-order valence-electron chi connectivity index (χ2n) is 8.23. The zero-order valence-corrected chi connectivity index (χ0v) is 16.2. The summed E-state index contributed by atoms with van der Waals surface area (Å²) >= 11 is 0. The molecule has 26 heavy (non-hydrogen) atoms. The SMILES string of the molecule is C[C@@H](NC(=O)OC(C)(C)C)c1cccc(C(F)(F)C(=O)C(C)(C)C)c1F. The van der Waals surface area contributed by atoms with Crippen LogP contribution in [0.5, 0.6) is 0 Å². The molecule has 4 nitrogen and oxygen atoms in total. The topological polar surface area (TPSA) is 55.4 Å². The van der Waals surface area contributed by atoms with Gasteiger partial charge in [-0.25, -0.2) is 9.18 Å². The molecule has 0 bridgehead atoms. The zero-order chi connectivity index (χ0) is 20.5. The molecule has 1 rings (SSSR count). The van der Waals surface area contributed by atoms with E-state index >= 15 is 0 Å². The van der Waals surface area contributed by atoms with E-state index in [2.05, 4.69) is 5.32 Å². The van der Waals surface area contributed by atoms with Gasteiger partial charge in [0.15, 0.2) is 0 Å². The standard InChI is InChI=1S/C19H26F3NO3/c1-11(23-16(25)26-18(5,6)7)12-9-8-10-13(14(12)20)19(21,22)15(24)17(2,3)4/h8-11H,1-7H3,(H,23,25)/t11-/m1/s1. The number of hydrogen-bond donors (Lipinski definition) is 1. The third-order valence-electron chi connectivity index (χ3n) is 3.53. The van der Waals surface area contributed by atoms with Gasteiger partial charge < -0.3 is 10.1 Å². The number of alkyl carbamates (subject to hydrolysis) is 1. The Labute approximate surface area is 152 Å². The van der Waals surface area contributed by atoms with Crippen LogP contribution in [0.4, 0.5) is 18.0 Å². The fourth-order valence-corrected chi connectivity index (χ4v) is 2.28. The van der Waals surface area contributed by atoms with Crippen LogP contribution in [0.2, 0.25) is 0 Å². The van der Waals surface area contributed by atoms with Crippen LogP contribution < -0.4 is 5.32 Å². The van der Waals surface area contributed by atoms with Gasteiger partial charge in [0, 0.05) is 11.0 Å². The number of ketones is 1. The highest BCUT2D eigenvalue weighted by Gasteiger charge is 2.48. The molecule has 7 heteroatoms. The fraction of sp³-hybridized carbons (Fsp3) is 0.579. The zero-order valence-electron chi connectivity index (χ0n) is 16.2. The number of Topliss-reactive ketones (excluding diaryl/α,β-unsaturated/α-hetero) is 1. The van der Waals surface area contributed by atoms with Crippen LogP contribution in [0.3, 0.4) is 0 Å². The Morgan fingerprint density at radius 3 is 2.08 bits per heavy atom. The van der Waals surface area contributed by atoms with Gasteiger partial charge in [0.1, 0.15) is 11.4 Å². The van der Waals surface area contributed by atoms with E-state index in [-0.39, 0.29) is 5.56 Å². The average Bonchev–Trinajstić information content (AvgIpc) is 2.43. The highest BCUT2D eigenvalue weighted by Crippen LogP contribution is 2.38. The first-order valence-electron chi connectivity index (χ1n) is 8.28. The van der Waals surface area contributed by atoms with Crippen molar-refractivity contribution in [2.45, 2.75) is 66.0 Å². The van der Waals surface area contributed by atoms with Gasteiger partial charge in [-0.2, -0.15) is 8.78 Å². The molecule has 0 heterocycles. The summed E-state index contributed by atoms with van der Waals surface area (Å²) in [6, 6.07) is 2.46. The van der Waals surface area contributed by atoms with E-state index in [1.165, 1.54) is 39.8 Å². The van der Waals surface area contributed by atoms with Crippen molar-refractivity contribution < 1.29 is 27.5 Å². The van der Waals surface area contributed by atoms with E-state index < -0.39 is 46.2 Å². The molecule has 1 aromatic rings. The van der Waals surface area contributed by atoms with Crippen molar-refractivity contribution in [2.75, 3.05) is 0 Å². The number of nitrogens with one attached hydrogen (secondary N) is 1. The minimum absolute atomic E-state index is 0.158. The lowest BCUT2D eigenvalue weighted by Crippen LogP contribution is -2.37. The molecule has 0 unspecified atom stereocenters. The second-order valence-corrected chi connectivity index (χ2v) is 8.23. The van der Waals surface area contributed by atoms with Crippen LogP contribution in [0, 0.1) is 11.2 Å². The van der Waals surface area contributed by atoms with Crippen LogP contribution in [0.15, 0.2) is 18.2 Å². The summed E-state index contributed by atoms with van der Waals surface area (Å²) in [5.74, 6) is -6.59. The van der Waals surface area contributed by atoms with E-state index in [9.17, 15) is 22.8 Å². The largest absolute Gasteiger partial charge is 0.444 e. The maximum Gasteiger partial charge on any atom is 0.408 e. The Bertz CT molecular complexity index is 688. The molecule has 0 aliphatic heterocycles. The number of ether oxygens (including phenoxy) is 1. The highest BCUT2D eigenvalue weighted by molar-refractivity contribution is 5.91. The number of halogens is 3. The number of alkyl halides is 2. The summed E-state index contributed by atoms with van der Waals surface area (Å²) in [7, 11) is 0. The molecule has 0 spiro atoms. The van der Waals surface area contributed by atoms with Gasteiger partial charge in [0.2, 0.25) is 5.78 Å². The van der Waals surface area contributed by atoms with E-state index in [1.807, 2.05) is 0 Å². The van der Waals surface area contributed by atoms with Gasteiger partial charge in [-0.3, -0.25) is 4.79 Å². The lowest BCUT2D eigenvalue weighted by molar-refractivity contribution is -0.153. The van der Waals surface area contributed by atoms with Crippen molar-refractivity contribution in [2.24, 2.45) is 5.41 Å². The van der Waals surface area contributed by atoms with Gasteiger partial charge in [-0.1, -0.05) is 32.9 Å². The monoisotopic (exact) mass is 373 g/mol. The average molecular weight is 373 g/mol. The van der Waals surface area contributed by atoms with Crippen molar-refractivity contribution >= 4 is 11.9 Å². The predicted octanol–water partition coefficient (Wildman–Crippen LogP) is 5.12. The summed E-state index contributed by atoms with van der Waals surface area (Å²) in [5.41, 5.74) is -3.26. The predicted molar refractivity (Wildman–Crippen MR) is 92.5 cm³/mol. The van der Waals surface area contributed by atoms with Crippen LogP contribution >= 0.6 is 0 Å². The first-order chi connectivity index (χ1) is 11.6. The maximum absolute atomic E-state index is 14.7. The van der Waals surface area contributed by atoms with Crippen molar-refractivity contribution in [1.82, 2.24) is 5.32 Å².